The molecule has 2 heterocycles. The van der Waals surface area contributed by atoms with E-state index in [1.165, 1.54) is 11.1 Å². The van der Waals surface area contributed by atoms with Crippen LogP contribution in [0.5, 0.6) is 0 Å². The lowest BCUT2D eigenvalue weighted by Crippen LogP contribution is -2.48. The largest absolute Gasteiger partial charge is 0.354 e. The van der Waals surface area contributed by atoms with E-state index in [2.05, 4.69) is 80.3 Å². The fraction of sp³-hybridized carbons (Fsp3) is 0.400. The van der Waals surface area contributed by atoms with Gasteiger partial charge in [0.15, 0.2) is 11.8 Å². The molecule has 1 aromatic heterocycles. The first kappa shape index (κ1) is 22.0. The van der Waals surface area contributed by atoms with Crippen molar-refractivity contribution >= 4 is 5.96 Å². The lowest BCUT2D eigenvalue weighted by Gasteiger charge is -2.33. The van der Waals surface area contributed by atoms with Crippen molar-refractivity contribution in [2.24, 2.45) is 12.0 Å². The second-order valence-electron chi connectivity index (χ2n) is 8.41. The fourth-order valence-electron chi connectivity index (χ4n) is 3.94. The van der Waals surface area contributed by atoms with Gasteiger partial charge in [-0.2, -0.15) is 0 Å². The van der Waals surface area contributed by atoms with Crippen LogP contribution in [-0.2, 0) is 26.7 Å². The Hall–Kier alpha value is -3.19. The van der Waals surface area contributed by atoms with Gasteiger partial charge in [-0.1, -0.05) is 60.7 Å². The Morgan fingerprint density at radius 3 is 2.25 bits per heavy atom. The molecule has 2 aromatic carbocycles. The van der Waals surface area contributed by atoms with Gasteiger partial charge in [0, 0.05) is 32.7 Å². The summed E-state index contributed by atoms with van der Waals surface area (Å²) in [4.78, 5) is 7.38. The molecule has 1 aliphatic rings. The van der Waals surface area contributed by atoms with Crippen LogP contribution < -0.4 is 10.6 Å². The molecule has 0 radical (unpaired) electrons. The Morgan fingerprint density at radius 1 is 0.969 bits per heavy atom. The smallest absolute Gasteiger partial charge is 0.192 e. The zero-order chi connectivity index (χ0) is 22.2. The van der Waals surface area contributed by atoms with Crippen molar-refractivity contribution in [1.29, 1.82) is 0 Å². The molecular formula is C25H33N7. The molecule has 0 spiro atoms. The molecule has 1 saturated heterocycles. The zero-order valence-corrected chi connectivity index (χ0v) is 19.0. The summed E-state index contributed by atoms with van der Waals surface area (Å²) in [5, 5.41) is 15.5. The highest BCUT2D eigenvalue weighted by molar-refractivity contribution is 5.80. The van der Waals surface area contributed by atoms with E-state index >= 15 is 0 Å². The Balaban J connectivity index is 1.34. The molecule has 1 fully saturated rings. The summed E-state index contributed by atoms with van der Waals surface area (Å²) in [6, 6.07) is 21.5. The molecule has 0 aliphatic carbocycles. The summed E-state index contributed by atoms with van der Waals surface area (Å²) >= 11 is 0. The van der Waals surface area contributed by atoms with E-state index in [1.807, 2.05) is 24.6 Å². The lowest BCUT2D eigenvalue weighted by molar-refractivity contribution is 0.198. The minimum absolute atomic E-state index is 0.408. The normalized spacial score (nSPS) is 15.6. The van der Waals surface area contributed by atoms with Gasteiger partial charge >= 0.3 is 0 Å². The first-order valence-corrected chi connectivity index (χ1v) is 11.4. The minimum atomic E-state index is 0.408. The van der Waals surface area contributed by atoms with Gasteiger partial charge < -0.3 is 15.2 Å². The number of piperidine rings is 1. The minimum Gasteiger partial charge on any atom is -0.354 e. The van der Waals surface area contributed by atoms with Gasteiger partial charge in [0.1, 0.15) is 5.82 Å². The van der Waals surface area contributed by atoms with Crippen LogP contribution in [0.2, 0.25) is 0 Å². The monoisotopic (exact) mass is 431 g/mol. The molecule has 168 valence electrons. The Morgan fingerprint density at radius 2 is 1.62 bits per heavy atom. The zero-order valence-electron chi connectivity index (χ0n) is 19.0. The Labute approximate surface area is 190 Å². The Kier molecular flexibility index (Phi) is 7.51. The van der Waals surface area contributed by atoms with Gasteiger partial charge in [-0.3, -0.25) is 4.90 Å². The van der Waals surface area contributed by atoms with Crippen molar-refractivity contribution in [3.05, 3.63) is 83.4 Å². The highest BCUT2D eigenvalue weighted by Crippen LogP contribution is 2.14. The van der Waals surface area contributed by atoms with Crippen molar-refractivity contribution < 1.29 is 0 Å². The number of aryl methyl sites for hydroxylation is 1. The van der Waals surface area contributed by atoms with E-state index in [-0.39, 0.29) is 0 Å². The van der Waals surface area contributed by atoms with E-state index in [9.17, 15) is 0 Å². The SMILES string of the molecule is Cc1nnc(CNC(=NCc2ccccc2)NC2CCN(Cc3ccccc3)CC2)n1C. The van der Waals surface area contributed by atoms with Crippen LogP contribution in [0.1, 0.15) is 35.6 Å². The van der Waals surface area contributed by atoms with E-state index < -0.39 is 0 Å². The van der Waals surface area contributed by atoms with Crippen LogP contribution in [0, 0.1) is 6.92 Å². The number of guanidine groups is 1. The van der Waals surface area contributed by atoms with Crippen molar-refractivity contribution in [3.8, 4) is 0 Å². The molecule has 7 nitrogen and oxygen atoms in total. The van der Waals surface area contributed by atoms with Crippen LogP contribution >= 0.6 is 0 Å². The third kappa shape index (κ3) is 6.17. The van der Waals surface area contributed by atoms with Crippen molar-refractivity contribution in [3.63, 3.8) is 0 Å². The predicted octanol–water partition coefficient (Wildman–Crippen LogP) is 3.02. The number of likely N-dealkylation sites (tertiary alicyclic amines) is 1. The van der Waals surface area contributed by atoms with Crippen molar-refractivity contribution in [1.82, 2.24) is 30.3 Å². The Bertz CT molecular complexity index is 990. The molecule has 7 heteroatoms. The average molecular weight is 432 g/mol. The number of benzene rings is 2. The van der Waals surface area contributed by atoms with Crippen LogP contribution in [0.4, 0.5) is 0 Å². The highest BCUT2D eigenvalue weighted by Gasteiger charge is 2.20. The third-order valence-corrected chi connectivity index (χ3v) is 6.04. The standard InChI is InChI=1S/C25H33N7/c1-20-29-30-24(31(20)2)18-27-25(26-17-21-9-5-3-6-10-21)28-23-13-15-32(16-14-23)19-22-11-7-4-8-12-22/h3-12,23H,13-19H2,1-2H3,(H2,26,27,28). The molecule has 0 saturated carbocycles. The van der Waals surface area contributed by atoms with Gasteiger partial charge in [-0.05, 0) is 30.9 Å². The summed E-state index contributed by atoms with van der Waals surface area (Å²) in [7, 11) is 1.99. The maximum absolute atomic E-state index is 4.85. The summed E-state index contributed by atoms with van der Waals surface area (Å²) in [6.07, 6.45) is 2.20. The van der Waals surface area contributed by atoms with Crippen LogP contribution in [0.15, 0.2) is 65.7 Å². The summed E-state index contributed by atoms with van der Waals surface area (Å²) in [5.74, 6) is 2.63. The van der Waals surface area contributed by atoms with E-state index in [0.717, 1.165) is 50.1 Å². The fourth-order valence-corrected chi connectivity index (χ4v) is 3.94. The number of nitrogens with zero attached hydrogens (tertiary/aromatic N) is 5. The van der Waals surface area contributed by atoms with Gasteiger partial charge in [0.25, 0.3) is 0 Å². The number of rotatable bonds is 7. The van der Waals surface area contributed by atoms with E-state index in [1.54, 1.807) is 0 Å². The van der Waals surface area contributed by atoms with Crippen molar-refractivity contribution in [2.45, 2.75) is 45.4 Å². The quantitative estimate of drug-likeness (QED) is 0.445. The summed E-state index contributed by atoms with van der Waals surface area (Å²) in [6.45, 7) is 6.38. The second kappa shape index (κ2) is 10.9. The maximum atomic E-state index is 4.85. The average Bonchev–Trinajstić information content (AvgIpc) is 3.15. The molecule has 4 rings (SSSR count). The molecule has 0 bridgehead atoms. The number of nitrogens with one attached hydrogen (secondary N) is 2. The van der Waals surface area contributed by atoms with Crippen LogP contribution in [0.3, 0.4) is 0 Å². The van der Waals surface area contributed by atoms with Crippen LogP contribution in [0.25, 0.3) is 0 Å². The van der Waals surface area contributed by atoms with Gasteiger partial charge in [-0.15, -0.1) is 10.2 Å². The first-order chi connectivity index (χ1) is 15.7. The first-order valence-electron chi connectivity index (χ1n) is 11.4. The van der Waals surface area contributed by atoms with E-state index in [4.69, 9.17) is 4.99 Å². The number of aromatic nitrogens is 3. The highest BCUT2D eigenvalue weighted by atomic mass is 15.3. The maximum Gasteiger partial charge on any atom is 0.192 e. The molecule has 3 aromatic rings. The molecule has 0 atom stereocenters. The third-order valence-electron chi connectivity index (χ3n) is 6.04. The molecule has 1 aliphatic heterocycles. The number of aliphatic imine (C=N–C) groups is 1. The van der Waals surface area contributed by atoms with Crippen LogP contribution in [-0.4, -0.2) is 44.8 Å². The lowest BCUT2D eigenvalue weighted by atomic mass is 10.0. The number of hydrogen-bond donors (Lipinski definition) is 2. The predicted molar refractivity (Wildman–Crippen MR) is 128 cm³/mol. The summed E-state index contributed by atoms with van der Waals surface area (Å²) in [5.41, 5.74) is 2.57. The van der Waals surface area contributed by atoms with Crippen molar-refractivity contribution in [2.75, 3.05) is 13.1 Å². The van der Waals surface area contributed by atoms with Gasteiger partial charge in [0.05, 0.1) is 13.1 Å². The van der Waals surface area contributed by atoms with E-state index in [0.29, 0.717) is 19.1 Å². The topological polar surface area (TPSA) is 70.4 Å². The molecule has 0 amide bonds. The van der Waals surface area contributed by atoms with Gasteiger partial charge in [-0.25, -0.2) is 4.99 Å². The van der Waals surface area contributed by atoms with Gasteiger partial charge in [0.2, 0.25) is 0 Å². The molecular weight excluding hydrogens is 398 g/mol. The number of hydrogen-bond acceptors (Lipinski definition) is 4. The summed E-state index contributed by atoms with van der Waals surface area (Å²) < 4.78 is 2.00. The molecule has 2 N–H and O–H groups in total. The molecule has 32 heavy (non-hydrogen) atoms. The molecule has 0 unspecified atom stereocenters. The second-order valence-corrected chi connectivity index (χ2v) is 8.41.